The van der Waals surface area contributed by atoms with Crippen molar-refractivity contribution in [2.24, 2.45) is 17.3 Å². The van der Waals surface area contributed by atoms with E-state index in [1.807, 2.05) is 19.9 Å². The summed E-state index contributed by atoms with van der Waals surface area (Å²) in [4.78, 5) is 37.9. The third-order valence-corrected chi connectivity index (χ3v) is 7.97. The van der Waals surface area contributed by atoms with E-state index in [4.69, 9.17) is 4.74 Å². The highest BCUT2D eigenvalue weighted by atomic mass is 16.5. The second kappa shape index (κ2) is 6.69. The average Bonchev–Trinajstić information content (AvgIpc) is 3.42. The van der Waals surface area contributed by atoms with E-state index in [1.165, 1.54) is 12.8 Å². The number of ketones is 1. The van der Waals surface area contributed by atoms with E-state index in [0.29, 0.717) is 29.9 Å². The Kier molecular flexibility index (Phi) is 4.42. The van der Waals surface area contributed by atoms with E-state index in [2.05, 4.69) is 9.88 Å². The topological polar surface area (TPSA) is 77.4 Å². The highest BCUT2D eigenvalue weighted by Crippen LogP contribution is 2.62. The van der Waals surface area contributed by atoms with Gasteiger partial charge in [-0.1, -0.05) is 0 Å². The number of hydrogen-bond donors (Lipinski definition) is 1. The molecule has 4 bridgehead atoms. The molecule has 6 nitrogen and oxygen atoms in total. The summed E-state index contributed by atoms with van der Waals surface area (Å²) in [6.07, 6.45) is 7.70. The van der Waals surface area contributed by atoms with Crippen molar-refractivity contribution in [3.63, 3.8) is 0 Å². The quantitative estimate of drug-likeness (QED) is 0.572. The van der Waals surface area contributed by atoms with Gasteiger partial charge in [-0.05, 0) is 83.1 Å². The lowest BCUT2D eigenvalue weighted by Gasteiger charge is -2.60. The van der Waals surface area contributed by atoms with Crippen molar-refractivity contribution in [1.29, 1.82) is 0 Å². The fraction of sp³-hybridized carbons (Fsp3) is 0.708. The van der Waals surface area contributed by atoms with Gasteiger partial charge in [-0.3, -0.25) is 14.4 Å². The number of rotatable bonds is 6. The van der Waals surface area contributed by atoms with Gasteiger partial charge in [-0.25, -0.2) is 0 Å². The standard InChI is InChI=1S/C24H32N2O4/c1-14-6-20(15(2)26(14)19-4-5-19)21(28)12-30-22(29)23-8-17-7-18(9-23)11-24(10-17,13-23)25-16(3)27/h6,17-19H,4-5,7-13H2,1-3H3,(H,25,27). The van der Waals surface area contributed by atoms with E-state index in [1.54, 1.807) is 6.92 Å². The molecule has 1 heterocycles. The molecule has 1 aromatic heterocycles. The van der Waals surface area contributed by atoms with E-state index in [-0.39, 0.29) is 29.8 Å². The summed E-state index contributed by atoms with van der Waals surface area (Å²) in [6, 6.07) is 2.45. The zero-order valence-corrected chi connectivity index (χ0v) is 18.3. The Morgan fingerprint density at radius 2 is 1.80 bits per heavy atom. The van der Waals surface area contributed by atoms with Gasteiger partial charge in [0.1, 0.15) is 0 Å². The fourth-order valence-corrected chi connectivity index (χ4v) is 7.34. The van der Waals surface area contributed by atoms with E-state index < -0.39 is 5.41 Å². The number of aromatic nitrogens is 1. The first-order valence-corrected chi connectivity index (χ1v) is 11.4. The van der Waals surface area contributed by atoms with Gasteiger partial charge in [0, 0.05) is 35.5 Å². The molecule has 2 unspecified atom stereocenters. The Hall–Kier alpha value is -2.11. The number of carbonyl (C=O) groups is 3. The van der Waals surface area contributed by atoms with Gasteiger partial charge in [0.15, 0.2) is 6.61 Å². The molecule has 0 saturated heterocycles. The van der Waals surface area contributed by atoms with Crippen LogP contribution in [0.4, 0.5) is 0 Å². The Labute approximate surface area is 177 Å². The van der Waals surface area contributed by atoms with Gasteiger partial charge in [0.25, 0.3) is 0 Å². The first-order chi connectivity index (χ1) is 14.2. The van der Waals surface area contributed by atoms with Crippen LogP contribution in [0.3, 0.4) is 0 Å². The number of carbonyl (C=O) groups excluding carboxylic acids is 3. The number of esters is 1. The van der Waals surface area contributed by atoms with Gasteiger partial charge >= 0.3 is 5.97 Å². The molecule has 30 heavy (non-hydrogen) atoms. The van der Waals surface area contributed by atoms with Crippen LogP contribution < -0.4 is 5.32 Å². The van der Waals surface area contributed by atoms with Gasteiger partial charge in [0.2, 0.25) is 11.7 Å². The van der Waals surface area contributed by atoms with Crippen LogP contribution in [0.5, 0.6) is 0 Å². The number of nitrogens with one attached hydrogen (secondary N) is 1. The van der Waals surface area contributed by atoms with Crippen molar-refractivity contribution in [3.05, 3.63) is 23.0 Å². The van der Waals surface area contributed by atoms with Gasteiger partial charge < -0.3 is 14.6 Å². The number of Topliss-reactive ketones (excluding diaryl/α,β-unsaturated/α-hetero) is 1. The van der Waals surface area contributed by atoms with Gasteiger partial charge in [-0.2, -0.15) is 0 Å². The maximum Gasteiger partial charge on any atom is 0.312 e. The summed E-state index contributed by atoms with van der Waals surface area (Å²) in [5, 5.41) is 3.17. The van der Waals surface area contributed by atoms with Crippen LogP contribution in [0.25, 0.3) is 0 Å². The molecule has 5 aliphatic carbocycles. The molecule has 0 aliphatic heterocycles. The monoisotopic (exact) mass is 412 g/mol. The lowest BCUT2D eigenvalue weighted by atomic mass is 9.47. The van der Waals surface area contributed by atoms with Gasteiger partial charge in [0.05, 0.1) is 5.41 Å². The number of amides is 1. The lowest BCUT2D eigenvalue weighted by molar-refractivity contribution is -0.174. The lowest BCUT2D eigenvalue weighted by Crippen LogP contribution is -2.64. The van der Waals surface area contributed by atoms with Crippen LogP contribution in [0, 0.1) is 31.1 Å². The summed E-state index contributed by atoms with van der Waals surface area (Å²) < 4.78 is 7.90. The molecule has 5 saturated carbocycles. The number of aryl methyl sites for hydroxylation is 1. The summed E-state index contributed by atoms with van der Waals surface area (Å²) in [5.74, 6) is 0.527. The van der Waals surface area contributed by atoms with Crippen LogP contribution in [0.1, 0.15) is 86.1 Å². The first kappa shape index (κ1) is 19.8. The number of nitrogens with zero attached hydrogens (tertiary/aromatic N) is 1. The SMILES string of the molecule is CC(=O)NC12CC3CC(C1)CC(C(=O)OCC(=O)c1cc(C)n(C4CC4)c1C)(C3)C2. The average molecular weight is 413 g/mol. The van der Waals surface area contributed by atoms with Crippen LogP contribution in [0.15, 0.2) is 6.07 Å². The maximum absolute atomic E-state index is 13.2. The van der Waals surface area contributed by atoms with Crippen molar-refractivity contribution in [3.8, 4) is 0 Å². The molecule has 5 aliphatic rings. The summed E-state index contributed by atoms with van der Waals surface area (Å²) in [6.45, 7) is 5.38. The largest absolute Gasteiger partial charge is 0.457 e. The van der Waals surface area contributed by atoms with E-state index in [9.17, 15) is 14.4 Å². The molecule has 0 spiro atoms. The molecule has 6 heteroatoms. The Bertz CT molecular complexity index is 912. The molecule has 2 atom stereocenters. The summed E-state index contributed by atoms with van der Waals surface area (Å²) >= 11 is 0. The van der Waals surface area contributed by atoms with Crippen molar-refractivity contribution in [2.45, 2.75) is 83.7 Å². The maximum atomic E-state index is 13.2. The molecule has 1 N–H and O–H groups in total. The molecular weight excluding hydrogens is 380 g/mol. The third-order valence-electron chi connectivity index (χ3n) is 7.97. The fourth-order valence-electron chi connectivity index (χ4n) is 7.34. The summed E-state index contributed by atoms with van der Waals surface area (Å²) in [5.41, 5.74) is 1.94. The van der Waals surface area contributed by atoms with Crippen molar-refractivity contribution in [1.82, 2.24) is 9.88 Å². The van der Waals surface area contributed by atoms with E-state index in [0.717, 1.165) is 43.5 Å². The second-order valence-corrected chi connectivity index (χ2v) is 10.6. The Morgan fingerprint density at radius 3 is 2.40 bits per heavy atom. The Balaban J connectivity index is 1.29. The zero-order valence-electron chi connectivity index (χ0n) is 18.3. The van der Waals surface area contributed by atoms with Crippen molar-refractivity contribution >= 4 is 17.7 Å². The Morgan fingerprint density at radius 1 is 1.13 bits per heavy atom. The van der Waals surface area contributed by atoms with Crippen LogP contribution in [-0.2, 0) is 14.3 Å². The van der Waals surface area contributed by atoms with Crippen LogP contribution in [-0.4, -0.2) is 34.4 Å². The highest BCUT2D eigenvalue weighted by molar-refractivity contribution is 5.99. The normalized spacial score (nSPS) is 34.1. The van der Waals surface area contributed by atoms with Crippen LogP contribution >= 0.6 is 0 Å². The minimum Gasteiger partial charge on any atom is -0.457 e. The number of hydrogen-bond acceptors (Lipinski definition) is 4. The van der Waals surface area contributed by atoms with Crippen LogP contribution in [0.2, 0.25) is 0 Å². The minimum atomic E-state index is -0.544. The first-order valence-electron chi connectivity index (χ1n) is 11.4. The number of ether oxygens (including phenoxy) is 1. The molecule has 1 amide bonds. The molecular formula is C24H32N2O4. The molecule has 5 fully saturated rings. The molecule has 6 rings (SSSR count). The van der Waals surface area contributed by atoms with Crippen molar-refractivity contribution in [2.75, 3.05) is 6.61 Å². The smallest absolute Gasteiger partial charge is 0.312 e. The van der Waals surface area contributed by atoms with E-state index >= 15 is 0 Å². The summed E-state index contributed by atoms with van der Waals surface area (Å²) in [7, 11) is 0. The zero-order chi connectivity index (χ0) is 21.3. The van der Waals surface area contributed by atoms with Crippen molar-refractivity contribution < 1.29 is 19.1 Å². The second-order valence-electron chi connectivity index (χ2n) is 10.6. The predicted octanol–water partition coefficient (Wildman–Crippen LogP) is 3.64. The molecule has 162 valence electrons. The molecule has 0 radical (unpaired) electrons. The third kappa shape index (κ3) is 3.19. The molecule has 0 aromatic carbocycles. The van der Waals surface area contributed by atoms with Gasteiger partial charge in [-0.15, -0.1) is 0 Å². The molecule has 1 aromatic rings. The predicted molar refractivity (Wildman–Crippen MR) is 111 cm³/mol. The minimum absolute atomic E-state index is 0.0262. The highest BCUT2D eigenvalue weighted by Gasteiger charge is 2.61.